The van der Waals surface area contributed by atoms with E-state index >= 15 is 0 Å². The molecular formula is C21H29N7O. The van der Waals surface area contributed by atoms with Crippen molar-refractivity contribution in [2.45, 2.75) is 13.0 Å². The molecule has 154 valence electrons. The number of likely N-dealkylation sites (N-methyl/N-ethyl adjacent to an activating group) is 1. The number of aromatic nitrogens is 2. The van der Waals surface area contributed by atoms with E-state index in [4.69, 9.17) is 5.73 Å². The molecule has 0 radical (unpaired) electrons. The maximum atomic E-state index is 12.3. The van der Waals surface area contributed by atoms with E-state index in [9.17, 15) is 4.79 Å². The summed E-state index contributed by atoms with van der Waals surface area (Å²) in [6.07, 6.45) is 0.916. The highest BCUT2D eigenvalue weighted by molar-refractivity contribution is 5.94. The Kier molecular flexibility index (Phi) is 5.27. The first-order chi connectivity index (χ1) is 13.9. The lowest BCUT2D eigenvalue weighted by Gasteiger charge is -2.34. The molecule has 8 heteroatoms. The molecule has 29 heavy (non-hydrogen) atoms. The van der Waals surface area contributed by atoms with Crippen LogP contribution in [0.3, 0.4) is 0 Å². The van der Waals surface area contributed by atoms with Gasteiger partial charge in [0.05, 0.1) is 0 Å². The molecule has 2 N–H and O–H groups in total. The Bertz CT molecular complexity index is 906. The third-order valence-corrected chi connectivity index (χ3v) is 5.74. The molecule has 0 atom stereocenters. The number of nitrogens with zero attached hydrogens (tertiary/aromatic N) is 6. The van der Waals surface area contributed by atoms with Crippen LogP contribution in [-0.2, 0) is 13.0 Å². The summed E-state index contributed by atoms with van der Waals surface area (Å²) < 4.78 is 0. The molecule has 8 nitrogen and oxygen atoms in total. The second kappa shape index (κ2) is 7.87. The summed E-state index contributed by atoms with van der Waals surface area (Å²) in [6, 6.07) is 8.05. The predicted molar refractivity (Wildman–Crippen MR) is 115 cm³/mol. The Labute approximate surface area is 171 Å². The fourth-order valence-corrected chi connectivity index (χ4v) is 3.94. The normalized spacial score (nSPS) is 17.2. The van der Waals surface area contributed by atoms with Crippen LogP contribution in [0.25, 0.3) is 0 Å². The van der Waals surface area contributed by atoms with E-state index in [1.807, 2.05) is 18.2 Å². The second-order valence-electron chi connectivity index (χ2n) is 8.09. The molecule has 3 heterocycles. The Morgan fingerprint density at radius 2 is 1.66 bits per heavy atom. The summed E-state index contributed by atoms with van der Waals surface area (Å²) in [4.78, 5) is 29.7. The lowest BCUT2D eigenvalue weighted by molar-refractivity contribution is 0.0827. The fraction of sp³-hybridized carbons (Fsp3) is 0.476. The van der Waals surface area contributed by atoms with Crippen molar-refractivity contribution in [1.29, 1.82) is 0 Å². The van der Waals surface area contributed by atoms with Crippen molar-refractivity contribution in [3.63, 3.8) is 0 Å². The van der Waals surface area contributed by atoms with Crippen LogP contribution in [0.15, 0.2) is 24.3 Å². The van der Waals surface area contributed by atoms with Crippen LogP contribution in [0.1, 0.15) is 21.5 Å². The smallest absolute Gasteiger partial charge is 0.253 e. The summed E-state index contributed by atoms with van der Waals surface area (Å²) in [5, 5.41) is 0. The number of anilines is 3. The van der Waals surface area contributed by atoms with Gasteiger partial charge in [0.2, 0.25) is 5.95 Å². The first-order valence-corrected chi connectivity index (χ1v) is 10.1. The number of hydrogen-bond donors (Lipinski definition) is 1. The number of fused-ring (bicyclic) bond motifs is 1. The Morgan fingerprint density at radius 1 is 0.966 bits per heavy atom. The number of benzene rings is 1. The molecule has 1 aromatic carbocycles. The minimum absolute atomic E-state index is 0.0218. The van der Waals surface area contributed by atoms with Crippen LogP contribution in [0.5, 0.6) is 0 Å². The molecule has 1 aromatic heterocycles. The zero-order valence-corrected chi connectivity index (χ0v) is 17.4. The average Bonchev–Trinajstić information content (AvgIpc) is 2.72. The van der Waals surface area contributed by atoms with Crippen LogP contribution >= 0.6 is 0 Å². The third-order valence-electron chi connectivity index (χ3n) is 5.74. The molecule has 0 spiro atoms. The fourth-order valence-electron chi connectivity index (χ4n) is 3.94. The molecular weight excluding hydrogens is 366 g/mol. The van der Waals surface area contributed by atoms with E-state index in [0.29, 0.717) is 12.5 Å². The van der Waals surface area contributed by atoms with Crippen LogP contribution in [-0.4, -0.2) is 79.5 Å². The van der Waals surface area contributed by atoms with Crippen molar-refractivity contribution in [2.24, 2.45) is 0 Å². The van der Waals surface area contributed by atoms with Gasteiger partial charge in [-0.3, -0.25) is 4.79 Å². The minimum Gasteiger partial charge on any atom is -0.368 e. The maximum Gasteiger partial charge on any atom is 0.253 e. The van der Waals surface area contributed by atoms with Crippen molar-refractivity contribution in [3.8, 4) is 0 Å². The number of rotatable bonds is 3. The highest BCUT2D eigenvalue weighted by Gasteiger charge is 2.22. The van der Waals surface area contributed by atoms with Gasteiger partial charge < -0.3 is 25.3 Å². The molecule has 0 unspecified atom stereocenters. The van der Waals surface area contributed by atoms with Gasteiger partial charge in [-0.05, 0) is 36.7 Å². The van der Waals surface area contributed by atoms with E-state index < -0.39 is 0 Å². The summed E-state index contributed by atoms with van der Waals surface area (Å²) in [5.74, 6) is 2.07. The van der Waals surface area contributed by atoms with Crippen LogP contribution in [0.2, 0.25) is 0 Å². The molecule has 2 aliphatic heterocycles. The largest absolute Gasteiger partial charge is 0.368 e. The molecule has 2 aromatic rings. The lowest BCUT2D eigenvalue weighted by Crippen LogP contribution is -2.45. The highest BCUT2D eigenvalue weighted by Crippen LogP contribution is 2.27. The zero-order valence-electron chi connectivity index (χ0n) is 17.4. The van der Waals surface area contributed by atoms with Gasteiger partial charge in [-0.2, -0.15) is 9.97 Å². The van der Waals surface area contributed by atoms with Gasteiger partial charge in [0.15, 0.2) is 0 Å². The van der Waals surface area contributed by atoms with Gasteiger partial charge in [-0.1, -0.05) is 6.07 Å². The molecule has 1 amide bonds. The molecule has 4 rings (SSSR count). The van der Waals surface area contributed by atoms with E-state index in [0.717, 1.165) is 56.3 Å². The molecule has 0 aliphatic carbocycles. The summed E-state index contributed by atoms with van der Waals surface area (Å²) in [7, 11) is 5.69. The molecule has 1 saturated heterocycles. The predicted octanol–water partition coefficient (Wildman–Crippen LogP) is 1.08. The lowest BCUT2D eigenvalue weighted by atomic mass is 9.97. The monoisotopic (exact) mass is 395 g/mol. The Morgan fingerprint density at radius 3 is 2.34 bits per heavy atom. The Balaban J connectivity index is 1.57. The first kappa shape index (κ1) is 19.4. The van der Waals surface area contributed by atoms with Gasteiger partial charge in [0.25, 0.3) is 5.91 Å². The number of carbonyl (C=O) groups excluding carboxylic acids is 1. The minimum atomic E-state index is 0.0218. The molecule has 0 bridgehead atoms. The standard InChI is InChI=1S/C21H29N7O/c1-25(2)20(29)16-5-4-15-6-7-28(14-17(15)12-16)19-13-18(23-21(22)24-19)27-10-8-26(3)9-11-27/h4-5,12-13H,6-11,14H2,1-3H3,(H2,22,23,24). The van der Waals surface area contributed by atoms with Crippen LogP contribution in [0.4, 0.5) is 17.6 Å². The van der Waals surface area contributed by atoms with E-state index in [1.54, 1.807) is 19.0 Å². The number of carbonyl (C=O) groups is 1. The van der Waals surface area contributed by atoms with Crippen LogP contribution < -0.4 is 15.5 Å². The number of piperazine rings is 1. The quantitative estimate of drug-likeness (QED) is 0.833. The summed E-state index contributed by atoms with van der Waals surface area (Å²) >= 11 is 0. The van der Waals surface area contributed by atoms with E-state index in [2.05, 4.69) is 37.8 Å². The van der Waals surface area contributed by atoms with Crippen LogP contribution in [0, 0.1) is 0 Å². The van der Waals surface area contributed by atoms with Gasteiger partial charge in [-0.15, -0.1) is 0 Å². The SMILES string of the molecule is CN1CCN(c2cc(N3CCc4ccc(C(=O)N(C)C)cc4C3)nc(N)n2)CC1. The third kappa shape index (κ3) is 4.12. The number of nitrogen functional groups attached to an aromatic ring is 1. The zero-order chi connectivity index (χ0) is 20.5. The van der Waals surface area contributed by atoms with E-state index in [1.165, 1.54) is 11.1 Å². The topological polar surface area (TPSA) is 81.8 Å². The van der Waals surface area contributed by atoms with Gasteiger partial charge in [0, 0.05) is 65.0 Å². The van der Waals surface area contributed by atoms with Gasteiger partial charge >= 0.3 is 0 Å². The molecule has 2 aliphatic rings. The van der Waals surface area contributed by atoms with Gasteiger partial charge in [-0.25, -0.2) is 0 Å². The van der Waals surface area contributed by atoms with Crippen molar-refractivity contribution < 1.29 is 4.79 Å². The Hall–Kier alpha value is -2.87. The van der Waals surface area contributed by atoms with E-state index in [-0.39, 0.29) is 5.91 Å². The molecule has 0 saturated carbocycles. The van der Waals surface area contributed by atoms with Crippen molar-refractivity contribution in [2.75, 3.05) is 69.4 Å². The summed E-state index contributed by atoms with van der Waals surface area (Å²) in [5.41, 5.74) is 9.23. The maximum absolute atomic E-state index is 12.3. The number of nitrogens with two attached hydrogens (primary N) is 1. The summed E-state index contributed by atoms with van der Waals surface area (Å²) in [6.45, 7) is 5.48. The second-order valence-corrected chi connectivity index (χ2v) is 8.09. The highest BCUT2D eigenvalue weighted by atomic mass is 16.2. The average molecular weight is 396 g/mol. The van der Waals surface area contributed by atoms with Crippen molar-refractivity contribution >= 4 is 23.5 Å². The first-order valence-electron chi connectivity index (χ1n) is 10.1. The number of amides is 1. The van der Waals surface area contributed by atoms with Crippen molar-refractivity contribution in [1.82, 2.24) is 19.8 Å². The number of hydrogen-bond acceptors (Lipinski definition) is 7. The van der Waals surface area contributed by atoms with Gasteiger partial charge in [0.1, 0.15) is 11.6 Å². The molecule has 1 fully saturated rings. The van der Waals surface area contributed by atoms with Crippen molar-refractivity contribution in [3.05, 3.63) is 41.0 Å².